The van der Waals surface area contributed by atoms with Crippen molar-refractivity contribution >= 4 is 12.1 Å². The van der Waals surface area contributed by atoms with Crippen LogP contribution in [-0.2, 0) is 10.3 Å². The van der Waals surface area contributed by atoms with Gasteiger partial charge in [-0.15, -0.1) is 0 Å². The van der Waals surface area contributed by atoms with Gasteiger partial charge in [0, 0.05) is 37.8 Å². The predicted molar refractivity (Wildman–Crippen MR) is 102 cm³/mol. The molecule has 1 heterocycles. The summed E-state index contributed by atoms with van der Waals surface area (Å²) in [6.45, 7) is 8.39. The van der Waals surface area contributed by atoms with Crippen LogP contribution >= 0.6 is 0 Å². The Morgan fingerprint density at radius 3 is 2.29 bits per heavy atom. The maximum absolute atomic E-state index is 13.9. The van der Waals surface area contributed by atoms with Crippen molar-refractivity contribution in [3.05, 3.63) is 35.4 Å². The Labute approximate surface area is 163 Å². The first-order valence-electron chi connectivity index (χ1n) is 9.10. The van der Waals surface area contributed by atoms with E-state index in [9.17, 15) is 18.7 Å². The van der Waals surface area contributed by atoms with Crippen LogP contribution in [-0.4, -0.2) is 65.3 Å². The number of nitrogens with zero attached hydrogens (tertiary/aromatic N) is 3. The summed E-state index contributed by atoms with van der Waals surface area (Å²) < 4.78 is 32.3. The Morgan fingerprint density at radius 1 is 1.18 bits per heavy atom. The topological polar surface area (TPSA) is 91.4 Å². The van der Waals surface area contributed by atoms with Gasteiger partial charge in [-0.25, -0.2) is 18.6 Å². The van der Waals surface area contributed by atoms with E-state index in [1.807, 2.05) is 20.8 Å². The van der Waals surface area contributed by atoms with Gasteiger partial charge in [-0.3, -0.25) is 0 Å². The first-order chi connectivity index (χ1) is 12.9. The van der Waals surface area contributed by atoms with Crippen molar-refractivity contribution < 1.29 is 23.4 Å². The van der Waals surface area contributed by atoms with Crippen LogP contribution in [0.3, 0.4) is 0 Å². The van der Waals surface area contributed by atoms with E-state index in [0.717, 1.165) is 6.07 Å². The highest BCUT2D eigenvalue weighted by molar-refractivity contribution is 5.78. The Kier molecular flexibility index (Phi) is 6.48. The molecule has 1 atom stereocenters. The fourth-order valence-corrected chi connectivity index (χ4v) is 2.79. The van der Waals surface area contributed by atoms with E-state index in [0.29, 0.717) is 32.2 Å². The van der Waals surface area contributed by atoms with E-state index in [1.54, 1.807) is 9.80 Å². The van der Waals surface area contributed by atoms with Crippen LogP contribution in [0.15, 0.2) is 23.2 Å². The largest absolute Gasteiger partial charge is 0.444 e. The van der Waals surface area contributed by atoms with E-state index in [1.165, 1.54) is 13.0 Å². The van der Waals surface area contributed by atoms with E-state index >= 15 is 0 Å². The molecular formula is C19H28F2N4O3. The molecule has 1 amide bonds. The Balaban J connectivity index is 1.95. The molecule has 1 aromatic carbocycles. The molecule has 0 aliphatic carbocycles. The van der Waals surface area contributed by atoms with Crippen molar-refractivity contribution in [2.75, 3.05) is 32.7 Å². The molecule has 0 spiro atoms. The summed E-state index contributed by atoms with van der Waals surface area (Å²) >= 11 is 0. The maximum Gasteiger partial charge on any atom is 0.410 e. The SMILES string of the molecule is CC(C)(C)OC(=O)N1CCN(C(N)=NCC(C)(O)c2ccc(F)cc2F)CC1. The number of carbonyl (C=O) groups excluding carboxylic acids is 1. The first kappa shape index (κ1) is 21.9. The lowest BCUT2D eigenvalue weighted by Gasteiger charge is -2.36. The molecule has 1 aliphatic heterocycles. The average Bonchev–Trinajstić information content (AvgIpc) is 2.58. The van der Waals surface area contributed by atoms with Gasteiger partial charge in [0.15, 0.2) is 5.96 Å². The van der Waals surface area contributed by atoms with Gasteiger partial charge in [-0.05, 0) is 33.8 Å². The van der Waals surface area contributed by atoms with E-state index in [2.05, 4.69) is 4.99 Å². The van der Waals surface area contributed by atoms with Crippen molar-refractivity contribution in [3.8, 4) is 0 Å². The number of rotatable bonds is 3. The molecule has 1 aliphatic rings. The van der Waals surface area contributed by atoms with Crippen molar-refractivity contribution in [2.24, 2.45) is 10.7 Å². The summed E-state index contributed by atoms with van der Waals surface area (Å²) in [5, 5.41) is 10.5. The molecule has 28 heavy (non-hydrogen) atoms. The highest BCUT2D eigenvalue weighted by Crippen LogP contribution is 2.24. The number of aliphatic imine (C=N–C) groups is 1. The molecule has 0 saturated carbocycles. The van der Waals surface area contributed by atoms with Crippen LogP contribution in [0.4, 0.5) is 13.6 Å². The van der Waals surface area contributed by atoms with Gasteiger partial charge in [0.05, 0.1) is 6.54 Å². The Morgan fingerprint density at radius 2 is 1.75 bits per heavy atom. The third-order valence-electron chi connectivity index (χ3n) is 4.32. The molecule has 1 unspecified atom stereocenters. The van der Waals surface area contributed by atoms with Crippen LogP contribution in [0.25, 0.3) is 0 Å². The molecule has 9 heteroatoms. The lowest BCUT2D eigenvalue weighted by molar-refractivity contribution is 0.0186. The highest BCUT2D eigenvalue weighted by atomic mass is 19.1. The van der Waals surface area contributed by atoms with Crippen LogP contribution < -0.4 is 5.73 Å². The zero-order valence-electron chi connectivity index (χ0n) is 16.7. The van der Waals surface area contributed by atoms with E-state index in [-0.39, 0.29) is 24.2 Å². The number of guanidine groups is 1. The molecule has 2 rings (SSSR count). The number of hydrogen-bond acceptors (Lipinski definition) is 4. The highest BCUT2D eigenvalue weighted by Gasteiger charge is 2.29. The van der Waals surface area contributed by atoms with Crippen molar-refractivity contribution in [2.45, 2.75) is 38.9 Å². The maximum atomic E-state index is 13.9. The minimum atomic E-state index is -1.64. The lowest BCUT2D eigenvalue weighted by Crippen LogP contribution is -2.53. The van der Waals surface area contributed by atoms with E-state index in [4.69, 9.17) is 10.5 Å². The van der Waals surface area contributed by atoms with Gasteiger partial charge in [0.1, 0.15) is 22.8 Å². The van der Waals surface area contributed by atoms with Crippen molar-refractivity contribution in [1.29, 1.82) is 0 Å². The second-order valence-electron chi connectivity index (χ2n) is 8.03. The zero-order valence-corrected chi connectivity index (χ0v) is 16.7. The van der Waals surface area contributed by atoms with Gasteiger partial charge < -0.3 is 25.4 Å². The number of ether oxygens (including phenoxy) is 1. The van der Waals surface area contributed by atoms with Crippen LogP contribution in [0.5, 0.6) is 0 Å². The third kappa shape index (κ3) is 5.79. The van der Waals surface area contributed by atoms with Crippen LogP contribution in [0, 0.1) is 11.6 Å². The number of aliphatic hydroxyl groups is 1. The summed E-state index contributed by atoms with van der Waals surface area (Å²) in [7, 11) is 0. The predicted octanol–water partition coefficient (Wildman–Crippen LogP) is 2.04. The number of benzene rings is 1. The average molecular weight is 398 g/mol. The monoisotopic (exact) mass is 398 g/mol. The molecule has 1 aromatic rings. The molecule has 0 aromatic heterocycles. The minimum Gasteiger partial charge on any atom is -0.444 e. The molecular weight excluding hydrogens is 370 g/mol. The number of nitrogens with two attached hydrogens (primary N) is 1. The van der Waals surface area contributed by atoms with E-state index < -0.39 is 22.8 Å². The quantitative estimate of drug-likeness (QED) is 0.601. The summed E-state index contributed by atoms with van der Waals surface area (Å²) in [6, 6.07) is 2.98. The van der Waals surface area contributed by atoms with Gasteiger partial charge in [-0.2, -0.15) is 0 Å². The van der Waals surface area contributed by atoms with Gasteiger partial charge in [0.2, 0.25) is 0 Å². The number of piperazine rings is 1. The molecule has 0 bridgehead atoms. The van der Waals surface area contributed by atoms with Gasteiger partial charge in [0.25, 0.3) is 0 Å². The van der Waals surface area contributed by atoms with Crippen molar-refractivity contribution in [3.63, 3.8) is 0 Å². The summed E-state index contributed by atoms with van der Waals surface area (Å²) in [5.74, 6) is -1.38. The molecule has 156 valence electrons. The van der Waals surface area contributed by atoms with Crippen LogP contribution in [0.2, 0.25) is 0 Å². The molecule has 0 radical (unpaired) electrons. The molecule has 3 N–H and O–H groups in total. The number of hydrogen-bond donors (Lipinski definition) is 2. The summed E-state index contributed by atoms with van der Waals surface area (Å²) in [6.07, 6.45) is -0.377. The standard InChI is InChI=1S/C19H28F2N4O3/c1-18(2,3)28-17(26)25-9-7-24(8-10-25)16(22)23-12-19(4,27)14-6-5-13(20)11-15(14)21/h5-6,11,27H,7-10,12H2,1-4H3,(H2,22,23). The Hall–Kier alpha value is -2.42. The molecule has 1 fully saturated rings. The fraction of sp³-hybridized carbons (Fsp3) is 0.579. The second-order valence-corrected chi connectivity index (χ2v) is 8.03. The molecule has 7 nitrogen and oxygen atoms in total. The van der Waals surface area contributed by atoms with Crippen LogP contribution in [0.1, 0.15) is 33.3 Å². The smallest absolute Gasteiger partial charge is 0.410 e. The first-order valence-corrected chi connectivity index (χ1v) is 9.10. The number of amides is 1. The molecule has 1 saturated heterocycles. The number of carbonyl (C=O) groups is 1. The Bertz CT molecular complexity index is 739. The third-order valence-corrected chi connectivity index (χ3v) is 4.32. The zero-order chi connectivity index (χ0) is 21.1. The number of halogens is 2. The normalized spacial score (nSPS) is 18.0. The summed E-state index contributed by atoms with van der Waals surface area (Å²) in [4.78, 5) is 19.6. The summed E-state index contributed by atoms with van der Waals surface area (Å²) in [5.41, 5.74) is 3.74. The minimum absolute atomic E-state index is 0.0554. The van der Waals surface area contributed by atoms with Crippen molar-refractivity contribution in [1.82, 2.24) is 9.80 Å². The van der Waals surface area contributed by atoms with Gasteiger partial charge in [-0.1, -0.05) is 6.07 Å². The van der Waals surface area contributed by atoms with Gasteiger partial charge >= 0.3 is 6.09 Å². The second kappa shape index (κ2) is 8.30. The lowest BCUT2D eigenvalue weighted by atomic mass is 9.95. The fourth-order valence-electron chi connectivity index (χ4n) is 2.79.